The van der Waals surface area contributed by atoms with Gasteiger partial charge in [0.1, 0.15) is 17.5 Å². The van der Waals surface area contributed by atoms with Crippen LogP contribution in [0.5, 0.6) is 0 Å². The highest BCUT2D eigenvalue weighted by Crippen LogP contribution is 2.20. The summed E-state index contributed by atoms with van der Waals surface area (Å²) in [6.45, 7) is 1.96. The maximum absolute atomic E-state index is 13.5. The molecule has 0 aliphatic rings. The molecule has 1 amide bonds. The molecule has 2 N–H and O–H groups in total. The standard InChI is InChI=1S/C14H13F2N3O2/c1-2-21-14(20)18-10-4-6-13(17-8-10)19-12-5-3-9(15)7-11(12)16/h3-8H,2H2,1H3,(H,17,19)(H,18,20). The molecule has 0 saturated heterocycles. The largest absolute Gasteiger partial charge is 0.450 e. The van der Waals surface area contributed by atoms with E-state index in [1.54, 1.807) is 19.1 Å². The number of amides is 1. The zero-order valence-electron chi connectivity index (χ0n) is 11.2. The molecule has 0 unspecified atom stereocenters. The first kappa shape index (κ1) is 14.7. The molecular weight excluding hydrogens is 280 g/mol. The van der Waals surface area contributed by atoms with Gasteiger partial charge in [0.05, 0.1) is 24.2 Å². The molecule has 21 heavy (non-hydrogen) atoms. The second-order valence-corrected chi connectivity index (χ2v) is 4.03. The van der Waals surface area contributed by atoms with Gasteiger partial charge in [-0.2, -0.15) is 0 Å². The number of pyridine rings is 1. The Morgan fingerprint density at radius 3 is 2.71 bits per heavy atom. The van der Waals surface area contributed by atoms with Gasteiger partial charge in [-0.1, -0.05) is 0 Å². The van der Waals surface area contributed by atoms with Gasteiger partial charge in [0.25, 0.3) is 0 Å². The minimum atomic E-state index is -0.717. The van der Waals surface area contributed by atoms with Crippen LogP contribution >= 0.6 is 0 Å². The molecule has 0 bridgehead atoms. The van der Waals surface area contributed by atoms with Crippen molar-refractivity contribution in [2.24, 2.45) is 0 Å². The summed E-state index contributed by atoms with van der Waals surface area (Å²) >= 11 is 0. The van der Waals surface area contributed by atoms with Crippen LogP contribution in [-0.4, -0.2) is 17.7 Å². The van der Waals surface area contributed by atoms with Crippen molar-refractivity contribution in [3.63, 3.8) is 0 Å². The summed E-state index contributed by atoms with van der Waals surface area (Å²) in [5.41, 5.74) is 0.550. The molecule has 1 heterocycles. The van der Waals surface area contributed by atoms with Crippen LogP contribution in [0.3, 0.4) is 0 Å². The Hall–Kier alpha value is -2.70. The van der Waals surface area contributed by atoms with Crippen LogP contribution in [0.2, 0.25) is 0 Å². The molecule has 1 aromatic carbocycles. The maximum atomic E-state index is 13.5. The first-order valence-corrected chi connectivity index (χ1v) is 6.20. The molecule has 0 atom stereocenters. The molecule has 0 spiro atoms. The van der Waals surface area contributed by atoms with Gasteiger partial charge in [-0.3, -0.25) is 5.32 Å². The Morgan fingerprint density at radius 1 is 1.29 bits per heavy atom. The van der Waals surface area contributed by atoms with Gasteiger partial charge in [0, 0.05) is 6.07 Å². The number of benzene rings is 1. The van der Waals surface area contributed by atoms with E-state index in [0.717, 1.165) is 12.1 Å². The van der Waals surface area contributed by atoms with Crippen LogP contribution in [-0.2, 0) is 4.74 Å². The molecular formula is C14H13F2N3O2. The van der Waals surface area contributed by atoms with Crippen molar-refractivity contribution in [2.45, 2.75) is 6.92 Å². The quantitative estimate of drug-likeness (QED) is 0.902. The first-order chi connectivity index (χ1) is 10.1. The van der Waals surface area contributed by atoms with Gasteiger partial charge in [0.2, 0.25) is 0 Å². The topological polar surface area (TPSA) is 63.2 Å². The summed E-state index contributed by atoms with van der Waals surface area (Å²) in [7, 11) is 0. The number of nitrogens with zero attached hydrogens (tertiary/aromatic N) is 1. The number of nitrogens with one attached hydrogen (secondary N) is 2. The van der Waals surface area contributed by atoms with Crippen molar-refractivity contribution in [3.8, 4) is 0 Å². The highest BCUT2D eigenvalue weighted by atomic mass is 19.1. The van der Waals surface area contributed by atoms with E-state index < -0.39 is 17.7 Å². The molecule has 0 radical (unpaired) electrons. The minimum Gasteiger partial charge on any atom is -0.450 e. The summed E-state index contributed by atoms with van der Waals surface area (Å²) in [5.74, 6) is -1.01. The van der Waals surface area contributed by atoms with Gasteiger partial charge in [0.15, 0.2) is 0 Å². The average Bonchev–Trinajstić information content (AvgIpc) is 2.44. The fourth-order valence-corrected chi connectivity index (χ4v) is 1.56. The van der Waals surface area contributed by atoms with Crippen molar-refractivity contribution in [1.29, 1.82) is 0 Å². The Labute approximate surface area is 120 Å². The zero-order chi connectivity index (χ0) is 15.2. The third kappa shape index (κ3) is 4.13. The third-order valence-electron chi connectivity index (χ3n) is 2.48. The molecule has 0 aliphatic heterocycles. The molecule has 110 valence electrons. The number of carbonyl (C=O) groups is 1. The molecule has 0 saturated carbocycles. The Balaban J connectivity index is 2.03. The van der Waals surface area contributed by atoms with Crippen LogP contribution < -0.4 is 10.6 Å². The lowest BCUT2D eigenvalue weighted by Gasteiger charge is -2.08. The summed E-state index contributed by atoms with van der Waals surface area (Å²) in [6.07, 6.45) is 0.810. The molecule has 5 nitrogen and oxygen atoms in total. The van der Waals surface area contributed by atoms with Gasteiger partial charge in [-0.15, -0.1) is 0 Å². The number of halogens is 2. The van der Waals surface area contributed by atoms with E-state index in [1.165, 1.54) is 12.3 Å². The molecule has 0 aliphatic carbocycles. The monoisotopic (exact) mass is 293 g/mol. The van der Waals surface area contributed by atoms with E-state index in [1.807, 2.05) is 0 Å². The number of hydrogen-bond donors (Lipinski definition) is 2. The SMILES string of the molecule is CCOC(=O)Nc1ccc(Nc2ccc(F)cc2F)nc1. The predicted octanol–water partition coefficient (Wildman–Crippen LogP) is 3.67. The minimum absolute atomic E-state index is 0.106. The third-order valence-corrected chi connectivity index (χ3v) is 2.48. The van der Waals surface area contributed by atoms with Crippen LogP contribution in [0, 0.1) is 11.6 Å². The van der Waals surface area contributed by atoms with Crippen molar-refractivity contribution >= 4 is 23.3 Å². The number of ether oxygens (including phenoxy) is 1. The first-order valence-electron chi connectivity index (χ1n) is 6.20. The Bertz CT molecular complexity index is 633. The second kappa shape index (κ2) is 6.65. The number of carbonyl (C=O) groups excluding carboxylic acids is 1. The van der Waals surface area contributed by atoms with E-state index >= 15 is 0 Å². The number of aromatic nitrogens is 1. The average molecular weight is 293 g/mol. The van der Waals surface area contributed by atoms with E-state index in [-0.39, 0.29) is 12.3 Å². The van der Waals surface area contributed by atoms with Crippen molar-refractivity contribution in [2.75, 3.05) is 17.2 Å². The van der Waals surface area contributed by atoms with Crippen molar-refractivity contribution < 1.29 is 18.3 Å². The lowest BCUT2D eigenvalue weighted by Crippen LogP contribution is -2.13. The van der Waals surface area contributed by atoms with Gasteiger partial charge >= 0.3 is 6.09 Å². The zero-order valence-corrected chi connectivity index (χ0v) is 11.2. The highest BCUT2D eigenvalue weighted by Gasteiger charge is 2.06. The van der Waals surface area contributed by atoms with Crippen LogP contribution in [0.1, 0.15) is 6.92 Å². The van der Waals surface area contributed by atoms with Gasteiger partial charge in [-0.05, 0) is 31.2 Å². The smallest absolute Gasteiger partial charge is 0.411 e. The van der Waals surface area contributed by atoms with Crippen molar-refractivity contribution in [3.05, 3.63) is 48.2 Å². The number of hydrogen-bond acceptors (Lipinski definition) is 4. The van der Waals surface area contributed by atoms with Gasteiger partial charge in [-0.25, -0.2) is 18.6 Å². The lowest BCUT2D eigenvalue weighted by atomic mass is 10.3. The summed E-state index contributed by atoms with van der Waals surface area (Å²) < 4.78 is 31.0. The summed E-state index contributed by atoms with van der Waals surface area (Å²) in [6, 6.07) is 6.32. The number of rotatable bonds is 4. The normalized spacial score (nSPS) is 10.0. The van der Waals surface area contributed by atoms with Crippen LogP contribution in [0.4, 0.5) is 30.8 Å². The molecule has 7 heteroatoms. The fraction of sp³-hybridized carbons (Fsp3) is 0.143. The van der Waals surface area contributed by atoms with E-state index in [0.29, 0.717) is 11.5 Å². The molecule has 2 aromatic rings. The Morgan fingerprint density at radius 2 is 2.10 bits per heavy atom. The van der Waals surface area contributed by atoms with Crippen molar-refractivity contribution in [1.82, 2.24) is 4.98 Å². The fourth-order valence-electron chi connectivity index (χ4n) is 1.56. The van der Waals surface area contributed by atoms with Crippen LogP contribution in [0.25, 0.3) is 0 Å². The maximum Gasteiger partial charge on any atom is 0.411 e. The molecule has 2 rings (SSSR count). The molecule has 0 fully saturated rings. The number of anilines is 3. The predicted molar refractivity (Wildman–Crippen MR) is 74.5 cm³/mol. The van der Waals surface area contributed by atoms with E-state index in [4.69, 9.17) is 4.74 Å². The van der Waals surface area contributed by atoms with Crippen LogP contribution in [0.15, 0.2) is 36.5 Å². The van der Waals surface area contributed by atoms with E-state index in [9.17, 15) is 13.6 Å². The molecule has 1 aromatic heterocycles. The lowest BCUT2D eigenvalue weighted by molar-refractivity contribution is 0.168. The van der Waals surface area contributed by atoms with E-state index in [2.05, 4.69) is 15.6 Å². The van der Waals surface area contributed by atoms with Gasteiger partial charge < -0.3 is 10.1 Å². The Kier molecular flexibility index (Phi) is 4.65. The summed E-state index contributed by atoms with van der Waals surface area (Å²) in [4.78, 5) is 15.2. The second-order valence-electron chi connectivity index (χ2n) is 4.03. The highest BCUT2D eigenvalue weighted by molar-refractivity contribution is 5.84. The summed E-state index contributed by atoms with van der Waals surface area (Å²) in [5, 5.41) is 5.19.